The van der Waals surface area contributed by atoms with E-state index in [0.717, 1.165) is 24.1 Å². The van der Waals surface area contributed by atoms with E-state index in [0.29, 0.717) is 12.5 Å². The molecule has 0 aliphatic heterocycles. The average Bonchev–Trinajstić information content (AvgIpc) is 3.07. The van der Waals surface area contributed by atoms with E-state index in [-0.39, 0.29) is 5.92 Å². The Morgan fingerprint density at radius 3 is 2.00 bits per heavy atom. The zero-order chi connectivity index (χ0) is 13.6. The molecule has 0 heterocycles. The van der Waals surface area contributed by atoms with Crippen molar-refractivity contribution in [3.63, 3.8) is 0 Å². The Kier molecular flexibility index (Phi) is 3.09. The van der Waals surface area contributed by atoms with E-state index in [4.69, 9.17) is 5.73 Å². The molecular formula is C12H12F5N. The molecule has 0 spiro atoms. The summed E-state index contributed by atoms with van der Waals surface area (Å²) in [6.45, 7) is 0.505. The van der Waals surface area contributed by atoms with Crippen LogP contribution in [0, 0.1) is 5.92 Å². The first-order valence-electron chi connectivity index (χ1n) is 5.52. The Labute approximate surface area is 101 Å². The summed E-state index contributed by atoms with van der Waals surface area (Å²) in [6, 6.07) is 4.34. The van der Waals surface area contributed by atoms with Crippen LogP contribution in [0.1, 0.15) is 23.5 Å². The van der Waals surface area contributed by atoms with E-state index in [9.17, 15) is 22.0 Å². The van der Waals surface area contributed by atoms with Gasteiger partial charge in [0.25, 0.3) is 0 Å². The Morgan fingerprint density at radius 2 is 1.61 bits per heavy atom. The molecular weight excluding hydrogens is 253 g/mol. The smallest absolute Gasteiger partial charge is 0.330 e. The molecule has 1 aromatic rings. The van der Waals surface area contributed by atoms with Crippen molar-refractivity contribution in [2.75, 3.05) is 6.54 Å². The summed E-state index contributed by atoms with van der Waals surface area (Å²) >= 11 is 0. The van der Waals surface area contributed by atoms with Gasteiger partial charge in [-0.05, 0) is 30.4 Å². The minimum atomic E-state index is -5.56. The zero-order valence-corrected chi connectivity index (χ0v) is 9.35. The molecule has 2 unspecified atom stereocenters. The second-order valence-electron chi connectivity index (χ2n) is 4.53. The minimum Gasteiger partial charge on any atom is -0.330 e. The number of rotatable bonds is 3. The summed E-state index contributed by atoms with van der Waals surface area (Å²) < 4.78 is 62.4. The number of benzene rings is 1. The molecule has 18 heavy (non-hydrogen) atoms. The molecule has 2 N–H and O–H groups in total. The normalized spacial score (nSPS) is 24.1. The van der Waals surface area contributed by atoms with Gasteiger partial charge < -0.3 is 5.73 Å². The number of hydrogen-bond donors (Lipinski definition) is 1. The highest BCUT2D eigenvalue weighted by atomic mass is 19.4. The highest BCUT2D eigenvalue weighted by Gasteiger charge is 2.58. The van der Waals surface area contributed by atoms with Crippen LogP contribution in [0.3, 0.4) is 0 Å². The van der Waals surface area contributed by atoms with Gasteiger partial charge in [0.1, 0.15) is 0 Å². The molecule has 0 amide bonds. The molecule has 100 valence electrons. The third-order valence-corrected chi connectivity index (χ3v) is 3.28. The van der Waals surface area contributed by atoms with Gasteiger partial charge in [-0.2, -0.15) is 22.0 Å². The standard InChI is InChI=1S/C12H12F5N/c13-11(14,12(15,16)17)9-3-1-7(2-4-9)10-5-8(10)6-18/h1-4,8,10H,5-6,18H2. The van der Waals surface area contributed by atoms with Gasteiger partial charge in [0, 0.05) is 5.56 Å². The fourth-order valence-electron chi connectivity index (χ4n) is 2.02. The number of halogens is 5. The van der Waals surface area contributed by atoms with E-state index in [1.165, 1.54) is 12.1 Å². The summed E-state index contributed by atoms with van der Waals surface area (Å²) in [4.78, 5) is 0. The van der Waals surface area contributed by atoms with E-state index in [1.54, 1.807) is 0 Å². The second-order valence-corrected chi connectivity index (χ2v) is 4.53. The fourth-order valence-corrected chi connectivity index (χ4v) is 2.02. The quantitative estimate of drug-likeness (QED) is 0.833. The van der Waals surface area contributed by atoms with Crippen molar-refractivity contribution in [3.8, 4) is 0 Å². The van der Waals surface area contributed by atoms with Gasteiger partial charge >= 0.3 is 12.1 Å². The third kappa shape index (κ3) is 2.21. The Hall–Kier alpha value is -1.17. The molecule has 0 aromatic heterocycles. The molecule has 0 bridgehead atoms. The highest BCUT2D eigenvalue weighted by molar-refractivity contribution is 5.32. The molecule has 1 nitrogen and oxygen atoms in total. The molecule has 0 radical (unpaired) electrons. The van der Waals surface area contributed by atoms with Gasteiger partial charge in [0.2, 0.25) is 0 Å². The monoisotopic (exact) mass is 265 g/mol. The van der Waals surface area contributed by atoms with Gasteiger partial charge in [-0.25, -0.2) is 0 Å². The van der Waals surface area contributed by atoms with Gasteiger partial charge in [-0.1, -0.05) is 24.3 Å². The third-order valence-electron chi connectivity index (χ3n) is 3.28. The maximum Gasteiger partial charge on any atom is 0.458 e. The molecule has 1 aliphatic rings. The number of nitrogens with two attached hydrogens (primary N) is 1. The molecule has 1 aliphatic carbocycles. The van der Waals surface area contributed by atoms with Crippen LogP contribution in [0.2, 0.25) is 0 Å². The highest BCUT2D eigenvalue weighted by Crippen LogP contribution is 2.48. The maximum absolute atomic E-state index is 13.0. The summed E-state index contributed by atoms with van der Waals surface area (Å²) in [7, 11) is 0. The average molecular weight is 265 g/mol. The summed E-state index contributed by atoms with van der Waals surface area (Å²) in [6.07, 6.45) is -4.70. The van der Waals surface area contributed by atoms with E-state index < -0.39 is 17.7 Å². The predicted octanol–water partition coefficient (Wildman–Crippen LogP) is 3.40. The zero-order valence-electron chi connectivity index (χ0n) is 9.35. The lowest BCUT2D eigenvalue weighted by Crippen LogP contribution is -2.33. The predicted molar refractivity (Wildman–Crippen MR) is 56.3 cm³/mol. The Morgan fingerprint density at radius 1 is 1.06 bits per heavy atom. The molecule has 1 aromatic carbocycles. The van der Waals surface area contributed by atoms with Crippen molar-refractivity contribution in [1.82, 2.24) is 0 Å². The molecule has 2 atom stereocenters. The number of hydrogen-bond acceptors (Lipinski definition) is 1. The molecule has 2 rings (SSSR count). The first kappa shape index (κ1) is 13.3. The van der Waals surface area contributed by atoms with Gasteiger partial charge in [-0.15, -0.1) is 0 Å². The summed E-state index contributed by atoms with van der Waals surface area (Å²) in [5.74, 6) is -4.29. The lowest BCUT2D eigenvalue weighted by Gasteiger charge is -2.20. The number of alkyl halides is 5. The first-order valence-corrected chi connectivity index (χ1v) is 5.52. The van der Waals surface area contributed by atoms with Crippen LogP contribution in [0.4, 0.5) is 22.0 Å². The van der Waals surface area contributed by atoms with Crippen LogP contribution in [0.25, 0.3) is 0 Å². The van der Waals surface area contributed by atoms with Crippen molar-refractivity contribution in [2.24, 2.45) is 11.7 Å². The van der Waals surface area contributed by atoms with Gasteiger partial charge in [0.05, 0.1) is 0 Å². The van der Waals surface area contributed by atoms with Crippen LogP contribution in [-0.2, 0) is 5.92 Å². The maximum atomic E-state index is 13.0. The van der Waals surface area contributed by atoms with Crippen molar-refractivity contribution in [3.05, 3.63) is 35.4 Å². The van der Waals surface area contributed by atoms with E-state index in [1.807, 2.05) is 0 Å². The van der Waals surface area contributed by atoms with Crippen LogP contribution in [0.15, 0.2) is 24.3 Å². The van der Waals surface area contributed by atoms with Crippen LogP contribution in [0.5, 0.6) is 0 Å². The van der Waals surface area contributed by atoms with E-state index >= 15 is 0 Å². The fraction of sp³-hybridized carbons (Fsp3) is 0.500. The minimum absolute atomic E-state index is 0.198. The topological polar surface area (TPSA) is 26.0 Å². The Bertz CT molecular complexity index is 423. The lowest BCUT2D eigenvalue weighted by atomic mass is 10.0. The van der Waals surface area contributed by atoms with Crippen LogP contribution >= 0.6 is 0 Å². The molecule has 0 saturated heterocycles. The lowest BCUT2D eigenvalue weighted by molar-refractivity contribution is -0.289. The van der Waals surface area contributed by atoms with E-state index in [2.05, 4.69) is 0 Å². The first-order chi connectivity index (χ1) is 8.27. The Balaban J connectivity index is 2.18. The summed E-state index contributed by atoms with van der Waals surface area (Å²) in [5.41, 5.74) is 5.20. The van der Waals surface area contributed by atoms with Gasteiger partial charge in [0.15, 0.2) is 0 Å². The van der Waals surface area contributed by atoms with Crippen LogP contribution in [-0.4, -0.2) is 12.7 Å². The van der Waals surface area contributed by atoms with Crippen LogP contribution < -0.4 is 5.73 Å². The van der Waals surface area contributed by atoms with Crippen molar-refractivity contribution >= 4 is 0 Å². The van der Waals surface area contributed by atoms with Crippen molar-refractivity contribution < 1.29 is 22.0 Å². The second kappa shape index (κ2) is 4.19. The summed E-state index contributed by atoms with van der Waals surface area (Å²) in [5, 5.41) is 0. The molecule has 1 saturated carbocycles. The molecule has 1 fully saturated rings. The van der Waals surface area contributed by atoms with Crippen molar-refractivity contribution in [1.29, 1.82) is 0 Å². The molecule has 6 heteroatoms. The van der Waals surface area contributed by atoms with Crippen molar-refractivity contribution in [2.45, 2.75) is 24.4 Å². The SMILES string of the molecule is NCC1CC1c1ccc(C(F)(F)C(F)(F)F)cc1. The largest absolute Gasteiger partial charge is 0.458 e. The van der Waals surface area contributed by atoms with Gasteiger partial charge in [-0.3, -0.25) is 0 Å².